The molecule has 1 aromatic carbocycles. The van der Waals surface area contributed by atoms with Gasteiger partial charge in [0.25, 0.3) is 0 Å². The van der Waals surface area contributed by atoms with E-state index in [0.29, 0.717) is 10.3 Å². The van der Waals surface area contributed by atoms with Crippen molar-refractivity contribution >= 4 is 31.8 Å². The second-order valence-corrected chi connectivity index (χ2v) is 7.21. The number of halogens is 1. The van der Waals surface area contributed by atoms with E-state index in [1.54, 1.807) is 13.2 Å². The lowest BCUT2D eigenvalue weighted by atomic mass is 10.1. The third-order valence-corrected chi connectivity index (χ3v) is 4.74. The van der Waals surface area contributed by atoms with Gasteiger partial charge in [0.2, 0.25) is 10.0 Å². The van der Waals surface area contributed by atoms with E-state index in [0.717, 1.165) is 11.1 Å². The summed E-state index contributed by atoms with van der Waals surface area (Å²) < 4.78 is 28.0. The first-order chi connectivity index (χ1) is 9.92. The lowest BCUT2D eigenvalue weighted by molar-refractivity contribution is 0.581. The van der Waals surface area contributed by atoms with Gasteiger partial charge in [-0.05, 0) is 34.5 Å². The zero-order chi connectivity index (χ0) is 15.5. The molecule has 2 rings (SSSR count). The Hall–Kier alpha value is -1.44. The zero-order valence-corrected chi connectivity index (χ0v) is 14.1. The molecule has 0 amide bonds. The van der Waals surface area contributed by atoms with E-state index in [-0.39, 0.29) is 11.4 Å². The first kappa shape index (κ1) is 15.9. The highest BCUT2D eigenvalue weighted by atomic mass is 79.9. The summed E-state index contributed by atoms with van der Waals surface area (Å²) in [5.41, 5.74) is 2.00. The van der Waals surface area contributed by atoms with Crippen LogP contribution < -0.4 is 10.0 Å². The van der Waals surface area contributed by atoms with Crippen LogP contribution in [0.15, 0.2) is 45.9 Å². The molecule has 0 saturated carbocycles. The van der Waals surface area contributed by atoms with Gasteiger partial charge < -0.3 is 5.32 Å². The molecule has 0 bridgehead atoms. The predicted molar refractivity (Wildman–Crippen MR) is 86.7 cm³/mol. The highest BCUT2D eigenvalue weighted by Gasteiger charge is 2.19. The number of aryl methyl sites for hydroxylation is 1. The Kier molecular flexibility index (Phi) is 4.97. The van der Waals surface area contributed by atoms with E-state index in [1.807, 2.05) is 31.2 Å². The average molecular weight is 370 g/mol. The van der Waals surface area contributed by atoms with Crippen LogP contribution in [-0.2, 0) is 16.6 Å². The third-order valence-electron chi connectivity index (χ3n) is 2.89. The Morgan fingerprint density at radius 2 is 2.05 bits per heavy atom. The molecule has 5 nitrogen and oxygen atoms in total. The number of rotatable bonds is 5. The first-order valence-electron chi connectivity index (χ1n) is 6.31. The molecule has 0 aliphatic carbocycles. The van der Waals surface area contributed by atoms with Gasteiger partial charge in [-0.2, -0.15) is 0 Å². The molecule has 0 atom stereocenters. The quantitative estimate of drug-likeness (QED) is 0.849. The molecule has 0 spiro atoms. The molecule has 0 radical (unpaired) electrons. The summed E-state index contributed by atoms with van der Waals surface area (Å²) in [5, 5.41) is 2.79. The van der Waals surface area contributed by atoms with Crippen LogP contribution in [0.2, 0.25) is 0 Å². The molecule has 0 aliphatic heterocycles. The number of hydrogen-bond donors (Lipinski definition) is 2. The molecule has 2 N–H and O–H groups in total. The second kappa shape index (κ2) is 6.55. The van der Waals surface area contributed by atoms with Crippen LogP contribution in [0.4, 0.5) is 5.82 Å². The van der Waals surface area contributed by atoms with Crippen molar-refractivity contribution in [2.45, 2.75) is 18.4 Å². The minimum absolute atomic E-state index is 0.118. The van der Waals surface area contributed by atoms with Crippen LogP contribution in [0.5, 0.6) is 0 Å². The van der Waals surface area contributed by atoms with Crippen LogP contribution >= 0.6 is 15.9 Å². The van der Waals surface area contributed by atoms with Crippen molar-refractivity contribution in [1.82, 2.24) is 9.71 Å². The standard InChI is InChI=1S/C14H16BrN3O2S/c1-10-4-3-5-11(6-10)8-18-21(19,20)13-7-12(15)9-17-14(13)16-2/h3-7,9,18H,8H2,1-2H3,(H,16,17). The monoisotopic (exact) mass is 369 g/mol. The van der Waals surface area contributed by atoms with E-state index < -0.39 is 10.0 Å². The molecule has 1 heterocycles. The van der Waals surface area contributed by atoms with E-state index in [4.69, 9.17) is 0 Å². The van der Waals surface area contributed by atoms with Crippen LogP contribution in [0.3, 0.4) is 0 Å². The highest BCUT2D eigenvalue weighted by Crippen LogP contribution is 2.22. The number of nitrogens with zero attached hydrogens (tertiary/aromatic N) is 1. The van der Waals surface area contributed by atoms with Gasteiger partial charge in [-0.1, -0.05) is 29.8 Å². The molecular formula is C14H16BrN3O2S. The van der Waals surface area contributed by atoms with Crippen molar-refractivity contribution in [3.05, 3.63) is 52.1 Å². The minimum Gasteiger partial charge on any atom is -0.372 e. The number of pyridine rings is 1. The molecule has 1 aromatic heterocycles. The largest absolute Gasteiger partial charge is 0.372 e. The molecule has 0 aliphatic rings. The molecular weight excluding hydrogens is 354 g/mol. The summed E-state index contributed by atoms with van der Waals surface area (Å²) in [6, 6.07) is 9.22. The molecule has 112 valence electrons. The fourth-order valence-corrected chi connectivity index (χ4v) is 3.58. The van der Waals surface area contributed by atoms with Crippen molar-refractivity contribution in [3.63, 3.8) is 0 Å². The highest BCUT2D eigenvalue weighted by molar-refractivity contribution is 9.10. The minimum atomic E-state index is -3.64. The molecule has 2 aromatic rings. The number of nitrogens with one attached hydrogen (secondary N) is 2. The van der Waals surface area contributed by atoms with Gasteiger partial charge in [-0.25, -0.2) is 18.1 Å². The van der Waals surface area contributed by atoms with E-state index in [1.165, 1.54) is 6.07 Å². The number of sulfonamides is 1. The lowest BCUT2D eigenvalue weighted by Crippen LogP contribution is -2.24. The Labute approximate surface area is 133 Å². The average Bonchev–Trinajstić information content (AvgIpc) is 2.45. The molecule has 7 heteroatoms. The predicted octanol–water partition coefficient (Wildman–Crippen LogP) is 2.67. The van der Waals surface area contributed by atoms with Gasteiger partial charge in [-0.3, -0.25) is 0 Å². The topological polar surface area (TPSA) is 71.1 Å². The van der Waals surface area contributed by atoms with Gasteiger partial charge in [0, 0.05) is 24.3 Å². The maximum Gasteiger partial charge on any atom is 0.244 e. The van der Waals surface area contributed by atoms with Crippen molar-refractivity contribution in [3.8, 4) is 0 Å². The lowest BCUT2D eigenvalue weighted by Gasteiger charge is -2.11. The smallest absolute Gasteiger partial charge is 0.244 e. The molecule has 0 fully saturated rings. The van der Waals surface area contributed by atoms with Crippen LogP contribution in [0.25, 0.3) is 0 Å². The summed E-state index contributed by atoms with van der Waals surface area (Å²) in [7, 11) is -2.01. The SMILES string of the molecule is CNc1ncc(Br)cc1S(=O)(=O)NCc1cccc(C)c1. The maximum atomic E-state index is 12.4. The Morgan fingerprint density at radius 1 is 1.29 bits per heavy atom. The summed E-state index contributed by atoms with van der Waals surface area (Å²) in [5.74, 6) is 0.315. The summed E-state index contributed by atoms with van der Waals surface area (Å²) in [4.78, 5) is 4.17. The van der Waals surface area contributed by atoms with Crippen LogP contribution in [0, 0.1) is 6.92 Å². The second-order valence-electron chi connectivity index (χ2n) is 4.56. The summed E-state index contributed by atoms with van der Waals surface area (Å²) in [6.07, 6.45) is 1.55. The zero-order valence-electron chi connectivity index (χ0n) is 11.7. The number of aromatic nitrogens is 1. The van der Waals surface area contributed by atoms with Crippen molar-refractivity contribution in [1.29, 1.82) is 0 Å². The summed E-state index contributed by atoms with van der Waals surface area (Å²) >= 11 is 3.24. The fraction of sp³-hybridized carbons (Fsp3) is 0.214. The molecule has 0 unspecified atom stereocenters. The Bertz CT molecular complexity index is 748. The first-order valence-corrected chi connectivity index (χ1v) is 8.58. The number of benzene rings is 1. The van der Waals surface area contributed by atoms with Crippen molar-refractivity contribution in [2.75, 3.05) is 12.4 Å². The Morgan fingerprint density at radius 3 is 2.71 bits per heavy atom. The fourth-order valence-electron chi connectivity index (χ4n) is 1.89. The van der Waals surface area contributed by atoms with Gasteiger partial charge in [-0.15, -0.1) is 0 Å². The summed E-state index contributed by atoms with van der Waals surface area (Å²) in [6.45, 7) is 2.20. The third kappa shape index (κ3) is 4.03. The van der Waals surface area contributed by atoms with Crippen molar-refractivity contribution < 1.29 is 8.42 Å². The van der Waals surface area contributed by atoms with Gasteiger partial charge >= 0.3 is 0 Å². The van der Waals surface area contributed by atoms with E-state index in [2.05, 4.69) is 31.0 Å². The van der Waals surface area contributed by atoms with Gasteiger partial charge in [0.05, 0.1) is 0 Å². The van der Waals surface area contributed by atoms with Crippen LogP contribution in [0.1, 0.15) is 11.1 Å². The van der Waals surface area contributed by atoms with E-state index >= 15 is 0 Å². The van der Waals surface area contributed by atoms with Crippen molar-refractivity contribution in [2.24, 2.45) is 0 Å². The molecule has 21 heavy (non-hydrogen) atoms. The Balaban J connectivity index is 2.24. The molecule has 0 saturated heterocycles. The normalized spacial score (nSPS) is 11.4. The van der Waals surface area contributed by atoms with Gasteiger partial charge in [0.15, 0.2) is 0 Å². The number of anilines is 1. The van der Waals surface area contributed by atoms with E-state index in [9.17, 15) is 8.42 Å². The number of hydrogen-bond acceptors (Lipinski definition) is 4. The van der Waals surface area contributed by atoms with Crippen LogP contribution in [-0.4, -0.2) is 20.4 Å². The van der Waals surface area contributed by atoms with Gasteiger partial charge in [0.1, 0.15) is 10.7 Å². The maximum absolute atomic E-state index is 12.4.